The zero-order valence-electron chi connectivity index (χ0n) is 15.0. The maximum Gasteiger partial charge on any atom is 0.423 e. The summed E-state index contributed by atoms with van der Waals surface area (Å²) < 4.78 is 6.27. The Morgan fingerprint density at radius 1 is 1.14 bits per heavy atom. The van der Waals surface area contributed by atoms with E-state index in [-0.39, 0.29) is 12.1 Å². The second-order valence-corrected chi connectivity index (χ2v) is 7.27. The lowest BCUT2D eigenvalue weighted by Crippen LogP contribution is -2.24. The Kier molecular flexibility index (Phi) is 4.63. The molecule has 0 aliphatic carbocycles. The molecule has 0 aliphatic heterocycles. The third-order valence-corrected chi connectivity index (χ3v) is 5.67. The van der Waals surface area contributed by atoms with Crippen molar-refractivity contribution in [1.29, 1.82) is 5.26 Å². The third kappa shape index (κ3) is 3.15. The van der Waals surface area contributed by atoms with Crippen LogP contribution in [0.4, 0.5) is 0 Å². The minimum atomic E-state index is -0.698. The molecule has 0 bridgehead atoms. The molecule has 28 heavy (non-hydrogen) atoms. The van der Waals surface area contributed by atoms with E-state index in [0.717, 1.165) is 21.7 Å². The Balaban J connectivity index is 1.73. The minimum absolute atomic E-state index is 0.195. The number of hydrogen-bond donors (Lipinski definition) is 0. The Morgan fingerprint density at radius 3 is 2.61 bits per heavy atom. The van der Waals surface area contributed by atoms with Gasteiger partial charge in [-0.2, -0.15) is 5.26 Å². The van der Waals surface area contributed by atoms with Crippen LogP contribution in [-0.2, 0) is 13.0 Å². The Bertz CT molecular complexity index is 1320. The smallest absolute Gasteiger partial charge is 0.371 e. The highest BCUT2D eigenvalue weighted by Crippen LogP contribution is 2.24. The van der Waals surface area contributed by atoms with Crippen LogP contribution >= 0.6 is 11.3 Å². The zero-order chi connectivity index (χ0) is 19.7. The molecule has 4 rings (SSSR count). The molecule has 0 spiro atoms. The third-order valence-electron chi connectivity index (χ3n) is 4.45. The molecule has 0 amide bonds. The number of nitriles is 1. The van der Waals surface area contributed by atoms with Crippen LogP contribution < -0.4 is 11.4 Å². The van der Waals surface area contributed by atoms with Gasteiger partial charge >= 0.3 is 11.4 Å². The predicted molar refractivity (Wildman–Crippen MR) is 107 cm³/mol. The lowest BCUT2D eigenvalue weighted by molar-refractivity contribution is 0.425. The van der Waals surface area contributed by atoms with Crippen molar-refractivity contribution in [3.63, 3.8) is 0 Å². The summed E-state index contributed by atoms with van der Waals surface area (Å²) in [4.78, 5) is 29.0. The van der Waals surface area contributed by atoms with E-state index in [2.05, 4.69) is 11.1 Å². The van der Waals surface area contributed by atoms with Crippen molar-refractivity contribution in [2.75, 3.05) is 0 Å². The zero-order valence-corrected chi connectivity index (χ0v) is 15.8. The molecule has 4 aromatic rings. The number of aromatic nitrogens is 2. The van der Waals surface area contributed by atoms with Gasteiger partial charge in [0.2, 0.25) is 0 Å². The van der Waals surface area contributed by atoms with Crippen LogP contribution in [0.5, 0.6) is 0 Å². The highest BCUT2D eigenvalue weighted by molar-refractivity contribution is 7.18. The average molecular weight is 389 g/mol. The van der Waals surface area contributed by atoms with E-state index in [1.807, 2.05) is 49.4 Å². The van der Waals surface area contributed by atoms with E-state index in [9.17, 15) is 14.9 Å². The van der Waals surface area contributed by atoms with Gasteiger partial charge in [-0.25, -0.2) is 14.6 Å². The predicted octanol–water partition coefficient (Wildman–Crippen LogP) is 3.56. The van der Waals surface area contributed by atoms with Crippen molar-refractivity contribution < 1.29 is 4.42 Å². The van der Waals surface area contributed by atoms with E-state index in [1.165, 1.54) is 15.9 Å². The van der Waals surface area contributed by atoms with Crippen LogP contribution in [0.25, 0.3) is 21.5 Å². The molecule has 2 heterocycles. The van der Waals surface area contributed by atoms with Crippen LogP contribution in [0, 0.1) is 11.3 Å². The molecule has 0 atom stereocenters. The molecular formula is C21H15N3O3S. The van der Waals surface area contributed by atoms with Crippen LogP contribution in [0.15, 0.2) is 62.5 Å². The molecule has 0 radical (unpaired) electrons. The normalized spacial score (nSPS) is 10.9. The van der Waals surface area contributed by atoms with E-state index in [1.54, 1.807) is 6.07 Å². The summed E-state index contributed by atoms with van der Waals surface area (Å²) in [5, 5.41) is 10.1. The molecule has 0 aliphatic rings. The van der Waals surface area contributed by atoms with Gasteiger partial charge in [0.05, 0.1) is 23.2 Å². The Morgan fingerprint density at radius 2 is 1.89 bits per heavy atom. The van der Waals surface area contributed by atoms with Gasteiger partial charge in [0.1, 0.15) is 4.83 Å². The van der Waals surface area contributed by atoms with E-state index in [4.69, 9.17) is 4.42 Å². The highest BCUT2D eigenvalue weighted by atomic mass is 32.1. The minimum Gasteiger partial charge on any atom is -0.371 e. The lowest BCUT2D eigenvalue weighted by atomic mass is 9.99. The summed E-state index contributed by atoms with van der Waals surface area (Å²) in [5.74, 6) is -0.692. The van der Waals surface area contributed by atoms with Crippen LogP contribution in [0.2, 0.25) is 0 Å². The average Bonchev–Trinajstić information content (AvgIpc) is 3.16. The number of nitrogens with zero attached hydrogens (tertiary/aromatic N) is 3. The quantitative estimate of drug-likeness (QED) is 0.532. The number of rotatable bonds is 4. The molecule has 0 fully saturated rings. The fraction of sp³-hybridized carbons (Fsp3) is 0.143. The number of aryl methyl sites for hydroxylation is 1. The van der Waals surface area contributed by atoms with Crippen molar-refractivity contribution in [1.82, 2.24) is 9.55 Å². The first-order chi connectivity index (χ1) is 13.6. The van der Waals surface area contributed by atoms with Crippen LogP contribution in [0.1, 0.15) is 23.1 Å². The first-order valence-electron chi connectivity index (χ1n) is 8.72. The topological polar surface area (TPSA) is 88.9 Å². The first kappa shape index (κ1) is 17.9. The van der Waals surface area contributed by atoms with Gasteiger partial charge in [-0.3, -0.25) is 4.57 Å². The monoisotopic (exact) mass is 389 g/mol. The number of fused-ring (bicyclic) bond motifs is 1. The van der Waals surface area contributed by atoms with E-state index >= 15 is 0 Å². The molecule has 0 N–H and O–H groups in total. The second-order valence-electron chi connectivity index (χ2n) is 6.21. The van der Waals surface area contributed by atoms with Crippen LogP contribution in [-0.4, -0.2) is 9.55 Å². The molecule has 7 heteroatoms. The summed E-state index contributed by atoms with van der Waals surface area (Å²) in [6.07, 6.45) is 0.681. The molecule has 6 nitrogen and oxygen atoms in total. The maximum atomic E-state index is 12.3. The second kappa shape index (κ2) is 7.25. The maximum absolute atomic E-state index is 12.3. The van der Waals surface area contributed by atoms with Crippen molar-refractivity contribution in [2.24, 2.45) is 0 Å². The van der Waals surface area contributed by atoms with Gasteiger partial charge < -0.3 is 4.42 Å². The first-order valence-corrected chi connectivity index (χ1v) is 9.54. The number of hydrogen-bond acceptors (Lipinski definition) is 6. The van der Waals surface area contributed by atoms with Crippen molar-refractivity contribution in [3.05, 3.63) is 85.6 Å². The SMILES string of the molecule is CCc1nc2c(=O)oc(=O)n(Cc3ccc(-c4ccccc4C#N)cc3)c2s1. The van der Waals surface area contributed by atoms with Gasteiger partial charge in [-0.05, 0) is 29.2 Å². The van der Waals surface area contributed by atoms with Gasteiger partial charge in [0.15, 0.2) is 5.52 Å². The molecule has 0 unspecified atom stereocenters. The largest absolute Gasteiger partial charge is 0.423 e. The molecule has 0 saturated heterocycles. The number of thiazole rings is 1. The molecular weight excluding hydrogens is 374 g/mol. The van der Waals surface area contributed by atoms with Gasteiger partial charge in [0, 0.05) is 0 Å². The van der Waals surface area contributed by atoms with Crippen LogP contribution in [0.3, 0.4) is 0 Å². The van der Waals surface area contributed by atoms with E-state index < -0.39 is 11.4 Å². The molecule has 2 aromatic carbocycles. The van der Waals surface area contributed by atoms with Gasteiger partial charge in [0.25, 0.3) is 0 Å². The fourth-order valence-electron chi connectivity index (χ4n) is 3.03. The lowest BCUT2D eigenvalue weighted by Gasteiger charge is -2.08. The Hall–Kier alpha value is -3.50. The molecule has 138 valence electrons. The highest BCUT2D eigenvalue weighted by Gasteiger charge is 2.15. The van der Waals surface area contributed by atoms with Crippen molar-refractivity contribution >= 4 is 21.7 Å². The van der Waals surface area contributed by atoms with Crippen molar-refractivity contribution in [3.8, 4) is 17.2 Å². The fourth-order valence-corrected chi connectivity index (χ4v) is 4.01. The summed E-state index contributed by atoms with van der Waals surface area (Å²) in [6, 6.07) is 17.2. The summed E-state index contributed by atoms with van der Waals surface area (Å²) in [7, 11) is 0. The summed E-state index contributed by atoms with van der Waals surface area (Å²) >= 11 is 1.33. The summed E-state index contributed by atoms with van der Waals surface area (Å²) in [5.41, 5.74) is 2.76. The molecule has 0 saturated carbocycles. The van der Waals surface area contributed by atoms with Crippen molar-refractivity contribution in [2.45, 2.75) is 19.9 Å². The Labute approximate surface area is 163 Å². The number of benzene rings is 2. The van der Waals surface area contributed by atoms with E-state index in [0.29, 0.717) is 16.8 Å². The van der Waals surface area contributed by atoms with Gasteiger partial charge in [-0.15, -0.1) is 11.3 Å². The van der Waals surface area contributed by atoms with Gasteiger partial charge in [-0.1, -0.05) is 49.4 Å². The standard InChI is InChI=1S/C21H15N3O3S/c1-2-17-23-18-19(28-17)24(21(26)27-20(18)25)12-13-7-9-14(10-8-13)16-6-4-3-5-15(16)11-22/h3-10H,2,12H2,1H3. The molecule has 2 aromatic heterocycles. The summed E-state index contributed by atoms with van der Waals surface area (Å²) in [6.45, 7) is 2.21.